The molecule has 0 unspecified atom stereocenters. The number of amides is 1. The molecule has 23 heavy (non-hydrogen) atoms. The van der Waals surface area contributed by atoms with Crippen LogP contribution in [0.2, 0.25) is 5.02 Å². The Kier molecular flexibility index (Phi) is 4.26. The summed E-state index contributed by atoms with van der Waals surface area (Å²) in [5.41, 5.74) is 0.140. The number of fused-ring (bicyclic) bond motifs is 1. The van der Waals surface area contributed by atoms with Gasteiger partial charge in [-0.1, -0.05) is 11.6 Å². The van der Waals surface area contributed by atoms with Crippen molar-refractivity contribution >= 4 is 23.2 Å². The summed E-state index contributed by atoms with van der Waals surface area (Å²) in [6.07, 6.45) is 9.27. The molecule has 0 atom stereocenters. The molecule has 0 aromatic carbocycles. The number of hydrogen-bond donors (Lipinski definition) is 1. The van der Waals surface area contributed by atoms with Crippen LogP contribution in [0.25, 0.3) is 5.65 Å². The number of aromatic nitrogens is 3. The number of terminal acetylenes is 1. The lowest BCUT2D eigenvalue weighted by Gasteiger charge is -2.08. The van der Waals surface area contributed by atoms with Crippen molar-refractivity contribution in [3.05, 3.63) is 29.2 Å². The first-order valence-electron chi connectivity index (χ1n) is 7.26. The molecule has 3 rings (SSSR count). The summed E-state index contributed by atoms with van der Waals surface area (Å²) in [5.74, 6) is 3.11. The van der Waals surface area contributed by atoms with E-state index in [0.717, 1.165) is 0 Å². The van der Waals surface area contributed by atoms with Gasteiger partial charge in [0.1, 0.15) is 0 Å². The molecule has 0 saturated carbocycles. The van der Waals surface area contributed by atoms with Crippen molar-refractivity contribution in [2.45, 2.75) is 37.9 Å². The van der Waals surface area contributed by atoms with Gasteiger partial charge in [-0.25, -0.2) is 0 Å². The molecule has 8 heteroatoms. The van der Waals surface area contributed by atoms with Crippen LogP contribution >= 0.6 is 11.6 Å². The minimum Gasteiger partial charge on any atom is -0.349 e. The molecule has 0 aliphatic carbocycles. The number of nitrogens with zero attached hydrogens (tertiary/aromatic N) is 5. The number of carbonyl (C=O) groups is 1. The summed E-state index contributed by atoms with van der Waals surface area (Å²) in [4.78, 5) is 12.0. The first-order chi connectivity index (χ1) is 11.1. The third-order valence-corrected chi connectivity index (χ3v) is 4.00. The lowest BCUT2D eigenvalue weighted by atomic mass is 10.0. The Morgan fingerprint density at radius 3 is 2.96 bits per heavy atom. The van der Waals surface area contributed by atoms with Gasteiger partial charge in [0.15, 0.2) is 17.1 Å². The van der Waals surface area contributed by atoms with Crippen molar-refractivity contribution in [1.82, 2.24) is 19.9 Å². The second-order valence-electron chi connectivity index (χ2n) is 5.33. The first-order valence-corrected chi connectivity index (χ1v) is 7.64. The third kappa shape index (κ3) is 3.48. The second kappa shape index (κ2) is 6.34. The Labute approximate surface area is 138 Å². The molecule has 1 N–H and O–H groups in total. The summed E-state index contributed by atoms with van der Waals surface area (Å²) in [7, 11) is 0. The van der Waals surface area contributed by atoms with Gasteiger partial charge in [0.25, 0.3) is 0 Å². The normalized spacial score (nSPS) is 14.6. The van der Waals surface area contributed by atoms with E-state index in [4.69, 9.17) is 18.0 Å². The predicted molar refractivity (Wildman–Crippen MR) is 84.7 cm³/mol. The number of nitrogens with one attached hydrogen (secondary N) is 1. The van der Waals surface area contributed by atoms with E-state index < -0.39 is 5.66 Å². The van der Waals surface area contributed by atoms with Gasteiger partial charge in [0.05, 0.1) is 11.6 Å². The van der Waals surface area contributed by atoms with Crippen LogP contribution in [-0.2, 0) is 11.3 Å². The Morgan fingerprint density at radius 1 is 1.39 bits per heavy atom. The average Bonchev–Trinajstić information content (AvgIpc) is 3.21. The van der Waals surface area contributed by atoms with Crippen LogP contribution in [-0.4, -0.2) is 26.2 Å². The van der Waals surface area contributed by atoms with E-state index in [9.17, 15) is 4.79 Å². The van der Waals surface area contributed by atoms with Gasteiger partial charge in [-0.05, 0) is 12.1 Å². The molecule has 0 radical (unpaired) electrons. The molecule has 0 bridgehead atoms. The number of carbonyl (C=O) groups excluding carboxylic acids is 1. The molecule has 7 nitrogen and oxygen atoms in total. The molecule has 118 valence electrons. The molecule has 0 spiro atoms. The van der Waals surface area contributed by atoms with Crippen molar-refractivity contribution < 1.29 is 4.79 Å². The largest absolute Gasteiger partial charge is 0.349 e. The van der Waals surface area contributed by atoms with Crippen LogP contribution in [0.3, 0.4) is 0 Å². The van der Waals surface area contributed by atoms with Crippen LogP contribution in [0.1, 0.15) is 31.5 Å². The van der Waals surface area contributed by atoms with E-state index in [1.807, 2.05) is 0 Å². The predicted octanol–water partition coefficient (Wildman–Crippen LogP) is 2.35. The van der Waals surface area contributed by atoms with Gasteiger partial charge in [0, 0.05) is 31.9 Å². The fraction of sp³-hybridized carbons (Fsp3) is 0.400. The van der Waals surface area contributed by atoms with E-state index in [1.165, 1.54) is 0 Å². The van der Waals surface area contributed by atoms with E-state index in [2.05, 4.69) is 31.7 Å². The number of pyridine rings is 1. The minimum atomic E-state index is -0.432. The molecule has 1 aliphatic rings. The highest BCUT2D eigenvalue weighted by molar-refractivity contribution is 6.33. The Bertz CT molecular complexity index is 800. The highest BCUT2D eigenvalue weighted by atomic mass is 35.5. The number of rotatable bonds is 7. The lowest BCUT2D eigenvalue weighted by Crippen LogP contribution is -2.25. The number of halogens is 1. The quantitative estimate of drug-likeness (QED) is 0.791. The zero-order chi connectivity index (χ0) is 16.3. The summed E-state index contributed by atoms with van der Waals surface area (Å²) >= 11 is 6.04. The molecule has 3 heterocycles. The molecule has 0 fully saturated rings. The van der Waals surface area contributed by atoms with E-state index in [1.54, 1.807) is 22.7 Å². The Morgan fingerprint density at radius 2 is 2.22 bits per heavy atom. The first kappa shape index (κ1) is 15.4. The van der Waals surface area contributed by atoms with Crippen LogP contribution < -0.4 is 5.32 Å². The summed E-state index contributed by atoms with van der Waals surface area (Å²) in [6.45, 7) is 0.284. The van der Waals surface area contributed by atoms with Crippen molar-refractivity contribution in [3.63, 3.8) is 0 Å². The maximum atomic E-state index is 12.0. The van der Waals surface area contributed by atoms with Gasteiger partial charge in [0.2, 0.25) is 5.91 Å². The topological polar surface area (TPSA) is 84.0 Å². The monoisotopic (exact) mass is 330 g/mol. The molecule has 1 aliphatic heterocycles. The van der Waals surface area contributed by atoms with Crippen molar-refractivity contribution in [1.29, 1.82) is 0 Å². The van der Waals surface area contributed by atoms with Gasteiger partial charge in [-0.3, -0.25) is 9.20 Å². The third-order valence-electron chi connectivity index (χ3n) is 3.71. The Balaban J connectivity index is 1.51. The van der Waals surface area contributed by atoms with Crippen LogP contribution in [0.4, 0.5) is 0 Å². The van der Waals surface area contributed by atoms with Gasteiger partial charge in [-0.15, -0.1) is 22.5 Å². The van der Waals surface area contributed by atoms with E-state index in [0.29, 0.717) is 42.2 Å². The highest BCUT2D eigenvalue weighted by Crippen LogP contribution is 2.37. The van der Waals surface area contributed by atoms with E-state index >= 15 is 0 Å². The average molecular weight is 331 g/mol. The minimum absolute atomic E-state index is 0.0823. The molecule has 0 saturated heterocycles. The summed E-state index contributed by atoms with van der Waals surface area (Å²) in [6, 6.07) is 3.54. The fourth-order valence-electron chi connectivity index (χ4n) is 2.30. The zero-order valence-electron chi connectivity index (χ0n) is 12.4. The van der Waals surface area contributed by atoms with Gasteiger partial charge >= 0.3 is 0 Å². The smallest absolute Gasteiger partial charge is 0.220 e. The van der Waals surface area contributed by atoms with Crippen LogP contribution in [0.15, 0.2) is 28.6 Å². The van der Waals surface area contributed by atoms with Crippen LogP contribution in [0, 0.1) is 12.3 Å². The molecular weight excluding hydrogens is 316 g/mol. The van der Waals surface area contributed by atoms with Crippen molar-refractivity contribution in [3.8, 4) is 12.3 Å². The number of hydrogen-bond acceptors (Lipinski definition) is 5. The maximum Gasteiger partial charge on any atom is 0.220 e. The lowest BCUT2D eigenvalue weighted by molar-refractivity contribution is -0.121. The summed E-state index contributed by atoms with van der Waals surface area (Å²) in [5, 5.41) is 19.4. The van der Waals surface area contributed by atoms with E-state index in [-0.39, 0.29) is 12.5 Å². The highest BCUT2D eigenvalue weighted by Gasteiger charge is 2.39. The molecular formula is C15H15ClN6O. The van der Waals surface area contributed by atoms with Crippen molar-refractivity contribution in [2.24, 2.45) is 10.2 Å². The van der Waals surface area contributed by atoms with Gasteiger partial charge < -0.3 is 5.32 Å². The van der Waals surface area contributed by atoms with Crippen molar-refractivity contribution in [2.75, 3.05) is 0 Å². The zero-order valence-corrected chi connectivity index (χ0v) is 13.1. The van der Waals surface area contributed by atoms with Crippen LogP contribution in [0.5, 0.6) is 0 Å². The standard InChI is InChI=1S/C15H15ClN6O/c1-2-3-7-15(20-21-15)8-6-13(23)17-10-12-18-19-14-11(16)5-4-9-22(12)14/h1,4-5,9H,3,6-8,10H2,(H,17,23). The fourth-order valence-corrected chi connectivity index (χ4v) is 2.50. The molecule has 1 amide bonds. The maximum absolute atomic E-state index is 12.0. The SMILES string of the molecule is C#CCCC1(CCC(=O)NCc2nnc3c(Cl)cccn23)N=N1. The van der Waals surface area contributed by atoms with Gasteiger partial charge in [-0.2, -0.15) is 10.2 Å². The second-order valence-corrected chi connectivity index (χ2v) is 5.74. The molecule has 2 aromatic heterocycles. The molecule has 2 aromatic rings. The Hall–Kier alpha value is -2.46. The summed E-state index contributed by atoms with van der Waals surface area (Å²) < 4.78 is 1.75.